The minimum absolute atomic E-state index is 0.489. The largest absolute Gasteiger partial charge is 0.437 e. The van der Waals surface area contributed by atoms with Gasteiger partial charge in [0.1, 0.15) is 5.75 Å². The summed E-state index contributed by atoms with van der Waals surface area (Å²) in [4.78, 5) is 8.64. The molecule has 0 spiro atoms. The minimum Gasteiger partial charge on any atom is -0.437 e. The van der Waals surface area contributed by atoms with E-state index in [9.17, 15) is 0 Å². The molecule has 2 N–H and O–H groups in total. The lowest BCUT2D eigenvalue weighted by Crippen LogP contribution is -1.96. The van der Waals surface area contributed by atoms with Gasteiger partial charge in [0, 0.05) is 16.5 Å². The molecule has 100 valence electrons. The molecular formula is C16H15N3O. The van der Waals surface area contributed by atoms with Gasteiger partial charge in [-0.25, -0.2) is 4.98 Å². The SMILES string of the molecule is Cc1ncc(Oc2ccc(N)c3ccccc23)nc1C. The smallest absolute Gasteiger partial charge is 0.238 e. The van der Waals surface area contributed by atoms with Crippen molar-refractivity contribution < 1.29 is 4.74 Å². The Morgan fingerprint density at radius 1 is 0.950 bits per heavy atom. The third kappa shape index (κ3) is 2.16. The van der Waals surface area contributed by atoms with Crippen molar-refractivity contribution in [1.29, 1.82) is 0 Å². The average Bonchev–Trinajstić information content (AvgIpc) is 2.46. The minimum atomic E-state index is 0.489. The van der Waals surface area contributed by atoms with Gasteiger partial charge in [-0.2, -0.15) is 0 Å². The molecule has 4 nitrogen and oxygen atoms in total. The van der Waals surface area contributed by atoms with Gasteiger partial charge in [0.25, 0.3) is 0 Å². The lowest BCUT2D eigenvalue weighted by atomic mass is 10.1. The topological polar surface area (TPSA) is 61.0 Å². The van der Waals surface area contributed by atoms with Crippen LogP contribution in [0.1, 0.15) is 11.4 Å². The van der Waals surface area contributed by atoms with Crippen LogP contribution < -0.4 is 10.5 Å². The van der Waals surface area contributed by atoms with Crippen molar-refractivity contribution in [2.24, 2.45) is 0 Å². The van der Waals surface area contributed by atoms with E-state index in [1.807, 2.05) is 50.2 Å². The van der Waals surface area contributed by atoms with Gasteiger partial charge in [0.15, 0.2) is 0 Å². The van der Waals surface area contributed by atoms with Crippen molar-refractivity contribution in [1.82, 2.24) is 9.97 Å². The summed E-state index contributed by atoms with van der Waals surface area (Å²) in [6.07, 6.45) is 1.63. The number of anilines is 1. The first kappa shape index (κ1) is 12.4. The fraction of sp³-hybridized carbons (Fsp3) is 0.125. The molecule has 0 amide bonds. The van der Waals surface area contributed by atoms with Gasteiger partial charge >= 0.3 is 0 Å². The molecule has 2 aromatic carbocycles. The van der Waals surface area contributed by atoms with E-state index in [1.54, 1.807) is 6.20 Å². The van der Waals surface area contributed by atoms with Crippen LogP contribution in [0.2, 0.25) is 0 Å². The molecule has 0 fully saturated rings. The summed E-state index contributed by atoms with van der Waals surface area (Å²) in [5, 5.41) is 1.94. The summed E-state index contributed by atoms with van der Waals surface area (Å²) < 4.78 is 5.85. The second-order valence-corrected chi connectivity index (χ2v) is 4.68. The van der Waals surface area contributed by atoms with Crippen molar-refractivity contribution >= 4 is 16.5 Å². The van der Waals surface area contributed by atoms with Crippen molar-refractivity contribution in [2.75, 3.05) is 5.73 Å². The lowest BCUT2D eigenvalue weighted by molar-refractivity contribution is 0.463. The van der Waals surface area contributed by atoms with Crippen LogP contribution in [0.4, 0.5) is 5.69 Å². The number of aryl methyl sites for hydroxylation is 2. The second-order valence-electron chi connectivity index (χ2n) is 4.68. The van der Waals surface area contributed by atoms with E-state index < -0.39 is 0 Å². The molecule has 3 aromatic rings. The van der Waals surface area contributed by atoms with Crippen LogP contribution in [-0.4, -0.2) is 9.97 Å². The molecule has 0 aliphatic heterocycles. The van der Waals surface area contributed by atoms with Gasteiger partial charge in [-0.3, -0.25) is 4.98 Å². The molecule has 0 saturated carbocycles. The number of benzene rings is 2. The number of nitrogens with zero attached hydrogens (tertiary/aromatic N) is 2. The molecular weight excluding hydrogens is 250 g/mol. The highest BCUT2D eigenvalue weighted by atomic mass is 16.5. The number of nitrogen functional groups attached to an aromatic ring is 1. The van der Waals surface area contributed by atoms with Gasteiger partial charge in [0.2, 0.25) is 5.88 Å². The summed E-state index contributed by atoms with van der Waals surface area (Å²) in [5.41, 5.74) is 8.48. The summed E-state index contributed by atoms with van der Waals surface area (Å²) in [6, 6.07) is 11.6. The van der Waals surface area contributed by atoms with Crippen molar-refractivity contribution in [3.8, 4) is 11.6 Å². The van der Waals surface area contributed by atoms with E-state index in [4.69, 9.17) is 10.5 Å². The third-order valence-corrected chi connectivity index (χ3v) is 3.30. The van der Waals surface area contributed by atoms with Crippen molar-refractivity contribution in [3.63, 3.8) is 0 Å². The van der Waals surface area contributed by atoms with Crippen LogP contribution in [0, 0.1) is 13.8 Å². The van der Waals surface area contributed by atoms with Crippen LogP contribution in [0.5, 0.6) is 11.6 Å². The molecule has 0 atom stereocenters. The summed E-state index contributed by atoms with van der Waals surface area (Å²) in [6.45, 7) is 3.83. The lowest BCUT2D eigenvalue weighted by Gasteiger charge is -2.10. The first-order valence-electron chi connectivity index (χ1n) is 6.40. The van der Waals surface area contributed by atoms with Gasteiger partial charge in [0.05, 0.1) is 17.6 Å². The second kappa shape index (κ2) is 4.81. The highest BCUT2D eigenvalue weighted by Crippen LogP contribution is 2.32. The van der Waals surface area contributed by atoms with E-state index >= 15 is 0 Å². The Morgan fingerprint density at radius 3 is 2.45 bits per heavy atom. The van der Waals surface area contributed by atoms with Crippen LogP contribution >= 0.6 is 0 Å². The molecule has 3 rings (SSSR count). The highest BCUT2D eigenvalue weighted by Gasteiger charge is 2.07. The quantitative estimate of drug-likeness (QED) is 0.719. The zero-order valence-corrected chi connectivity index (χ0v) is 11.4. The number of rotatable bonds is 2. The van der Waals surface area contributed by atoms with Crippen LogP contribution in [0.25, 0.3) is 10.8 Å². The summed E-state index contributed by atoms with van der Waals surface area (Å²) in [5.74, 6) is 1.22. The fourth-order valence-electron chi connectivity index (χ4n) is 2.07. The summed E-state index contributed by atoms with van der Waals surface area (Å²) in [7, 11) is 0. The van der Waals surface area contributed by atoms with Gasteiger partial charge in [-0.05, 0) is 26.0 Å². The predicted octanol–water partition coefficient (Wildman–Crippen LogP) is 3.62. The Bertz CT molecular complexity index is 784. The molecule has 0 aliphatic carbocycles. The monoisotopic (exact) mass is 265 g/mol. The maximum Gasteiger partial charge on any atom is 0.238 e. The Balaban J connectivity index is 2.06. The first-order chi connectivity index (χ1) is 9.65. The number of aromatic nitrogens is 2. The Hall–Kier alpha value is -2.62. The van der Waals surface area contributed by atoms with Crippen LogP contribution in [0.3, 0.4) is 0 Å². The maximum absolute atomic E-state index is 5.98. The zero-order chi connectivity index (χ0) is 14.1. The normalized spacial score (nSPS) is 10.7. The van der Waals surface area contributed by atoms with E-state index in [-0.39, 0.29) is 0 Å². The molecule has 4 heteroatoms. The molecule has 0 unspecified atom stereocenters. The molecule has 0 aliphatic rings. The van der Waals surface area contributed by atoms with E-state index in [0.29, 0.717) is 5.88 Å². The number of ether oxygens (including phenoxy) is 1. The summed E-state index contributed by atoms with van der Waals surface area (Å²) >= 11 is 0. The molecule has 1 heterocycles. The molecule has 0 radical (unpaired) electrons. The van der Waals surface area contributed by atoms with Gasteiger partial charge < -0.3 is 10.5 Å². The van der Waals surface area contributed by atoms with Crippen molar-refractivity contribution in [3.05, 3.63) is 54.0 Å². The molecule has 0 saturated heterocycles. The number of hydrogen-bond donors (Lipinski definition) is 1. The van der Waals surface area contributed by atoms with Crippen molar-refractivity contribution in [2.45, 2.75) is 13.8 Å². The highest BCUT2D eigenvalue weighted by molar-refractivity contribution is 5.97. The Kier molecular flexibility index (Phi) is 2.99. The number of nitrogens with two attached hydrogens (primary N) is 1. The Morgan fingerprint density at radius 2 is 1.70 bits per heavy atom. The fourth-order valence-corrected chi connectivity index (χ4v) is 2.07. The van der Waals surface area contributed by atoms with Crippen LogP contribution in [-0.2, 0) is 0 Å². The molecule has 1 aromatic heterocycles. The van der Waals surface area contributed by atoms with E-state index in [0.717, 1.165) is 33.6 Å². The molecule has 20 heavy (non-hydrogen) atoms. The van der Waals surface area contributed by atoms with E-state index in [1.165, 1.54) is 0 Å². The predicted molar refractivity (Wildman–Crippen MR) is 79.9 cm³/mol. The van der Waals surface area contributed by atoms with Gasteiger partial charge in [-0.1, -0.05) is 24.3 Å². The standard InChI is InChI=1S/C16H15N3O/c1-10-11(2)19-16(9-18-10)20-15-8-7-14(17)12-5-3-4-6-13(12)15/h3-9H,17H2,1-2H3. The third-order valence-electron chi connectivity index (χ3n) is 3.30. The maximum atomic E-state index is 5.98. The first-order valence-corrected chi connectivity index (χ1v) is 6.40. The number of hydrogen-bond acceptors (Lipinski definition) is 4. The van der Waals surface area contributed by atoms with Crippen LogP contribution in [0.15, 0.2) is 42.6 Å². The Labute approximate surface area is 117 Å². The number of fused-ring (bicyclic) bond motifs is 1. The van der Waals surface area contributed by atoms with E-state index in [2.05, 4.69) is 9.97 Å². The molecule has 0 bridgehead atoms. The van der Waals surface area contributed by atoms with Gasteiger partial charge in [-0.15, -0.1) is 0 Å². The average molecular weight is 265 g/mol. The zero-order valence-electron chi connectivity index (χ0n) is 11.4.